The van der Waals surface area contributed by atoms with Gasteiger partial charge >= 0.3 is 0 Å². The third kappa shape index (κ3) is 2.68. The average Bonchev–Trinajstić information content (AvgIpc) is 2.90. The van der Waals surface area contributed by atoms with E-state index < -0.39 is 0 Å². The monoisotopic (exact) mass is 333 g/mol. The third-order valence-corrected chi connectivity index (χ3v) is 6.61. The van der Waals surface area contributed by atoms with Gasteiger partial charge in [-0.1, -0.05) is 23.7 Å². The fraction of sp³-hybridized carbons (Fsp3) is 0.632. The number of benzene rings is 1. The molecule has 2 aliphatic carbocycles. The van der Waals surface area contributed by atoms with E-state index in [9.17, 15) is 9.90 Å². The second-order valence-corrected chi connectivity index (χ2v) is 8.37. The predicted molar refractivity (Wildman–Crippen MR) is 90.5 cm³/mol. The first-order valence-corrected chi connectivity index (χ1v) is 9.06. The molecule has 1 aromatic carbocycles. The van der Waals surface area contributed by atoms with Gasteiger partial charge in [-0.15, -0.1) is 0 Å². The van der Waals surface area contributed by atoms with Crippen molar-refractivity contribution in [3.8, 4) is 0 Å². The second-order valence-electron chi connectivity index (χ2n) is 7.96. The third-order valence-electron chi connectivity index (χ3n) is 6.18. The van der Waals surface area contributed by atoms with Gasteiger partial charge in [0.15, 0.2) is 0 Å². The number of hydrogen-bond acceptors (Lipinski definition) is 2. The maximum absolute atomic E-state index is 12.3. The number of halogens is 1. The molecular formula is C19H24ClNO2. The molecule has 0 unspecified atom stereocenters. The van der Waals surface area contributed by atoms with Crippen LogP contribution in [0.1, 0.15) is 49.1 Å². The lowest BCUT2D eigenvalue weighted by Crippen LogP contribution is -2.60. The van der Waals surface area contributed by atoms with Crippen LogP contribution in [0.15, 0.2) is 18.2 Å². The molecule has 4 rings (SSSR count). The van der Waals surface area contributed by atoms with E-state index in [1.807, 2.05) is 11.0 Å². The van der Waals surface area contributed by atoms with E-state index >= 15 is 0 Å². The topological polar surface area (TPSA) is 40.5 Å². The van der Waals surface area contributed by atoms with E-state index in [1.54, 1.807) is 0 Å². The molecule has 0 radical (unpaired) electrons. The fourth-order valence-electron chi connectivity index (χ4n) is 4.67. The van der Waals surface area contributed by atoms with Crippen molar-refractivity contribution in [1.82, 2.24) is 4.90 Å². The average molecular weight is 334 g/mol. The molecule has 3 nitrogen and oxygen atoms in total. The van der Waals surface area contributed by atoms with Gasteiger partial charge in [0.05, 0.1) is 6.10 Å². The van der Waals surface area contributed by atoms with Gasteiger partial charge in [0, 0.05) is 29.4 Å². The zero-order valence-corrected chi connectivity index (χ0v) is 14.4. The Bertz CT molecular complexity index is 632. The van der Waals surface area contributed by atoms with Gasteiger partial charge in [0.1, 0.15) is 0 Å². The van der Waals surface area contributed by atoms with Gasteiger partial charge in [-0.3, -0.25) is 4.79 Å². The summed E-state index contributed by atoms with van der Waals surface area (Å²) in [6.45, 7) is 3.90. The molecule has 0 aromatic heterocycles. The molecule has 1 atom stereocenters. The van der Waals surface area contributed by atoms with E-state index in [1.165, 1.54) is 24.8 Å². The summed E-state index contributed by atoms with van der Waals surface area (Å²) in [6, 6.07) is 6.40. The lowest BCUT2D eigenvalue weighted by molar-refractivity contribution is -0.154. The molecule has 4 heteroatoms. The van der Waals surface area contributed by atoms with E-state index in [4.69, 9.17) is 11.6 Å². The Morgan fingerprint density at radius 2 is 2.09 bits per heavy atom. The molecule has 1 saturated heterocycles. The highest BCUT2D eigenvalue weighted by atomic mass is 35.5. The predicted octanol–water partition coefficient (Wildman–Crippen LogP) is 3.52. The lowest BCUT2D eigenvalue weighted by Gasteiger charge is -2.50. The molecular weight excluding hydrogens is 310 g/mol. The van der Waals surface area contributed by atoms with Gasteiger partial charge in [-0.05, 0) is 62.1 Å². The number of aliphatic hydroxyl groups excluding tert-OH is 1. The normalized spacial score (nSPS) is 31.8. The Morgan fingerprint density at radius 1 is 1.35 bits per heavy atom. The highest BCUT2D eigenvalue weighted by Gasteiger charge is 2.51. The molecule has 3 fully saturated rings. The van der Waals surface area contributed by atoms with Gasteiger partial charge in [-0.25, -0.2) is 0 Å². The molecule has 1 N–H and O–H groups in total. The van der Waals surface area contributed by atoms with Crippen molar-refractivity contribution in [2.45, 2.75) is 51.0 Å². The van der Waals surface area contributed by atoms with Crippen LogP contribution in [0.4, 0.5) is 0 Å². The van der Waals surface area contributed by atoms with Crippen LogP contribution in [0.2, 0.25) is 5.02 Å². The minimum atomic E-state index is -0.247. The number of amides is 1. The highest BCUT2D eigenvalue weighted by Crippen LogP contribution is 2.52. The highest BCUT2D eigenvalue weighted by molar-refractivity contribution is 6.31. The summed E-state index contributed by atoms with van der Waals surface area (Å²) in [6.07, 6.45) is 4.69. The molecule has 1 aromatic rings. The quantitative estimate of drug-likeness (QED) is 0.899. The number of aliphatic hydroxyl groups is 1. The van der Waals surface area contributed by atoms with Crippen LogP contribution in [0.5, 0.6) is 0 Å². The zero-order chi connectivity index (χ0) is 16.2. The fourth-order valence-corrected chi connectivity index (χ4v) is 4.79. The Morgan fingerprint density at radius 3 is 2.74 bits per heavy atom. The first-order chi connectivity index (χ1) is 11.0. The number of likely N-dealkylation sites (tertiary alicyclic amines) is 1. The maximum atomic E-state index is 12.3. The maximum Gasteiger partial charge on any atom is 0.225 e. The van der Waals surface area contributed by atoms with Crippen molar-refractivity contribution in [3.05, 3.63) is 34.3 Å². The van der Waals surface area contributed by atoms with Crippen molar-refractivity contribution >= 4 is 17.5 Å². The number of carbonyl (C=O) groups excluding carboxylic acids is 1. The van der Waals surface area contributed by atoms with E-state index in [0.29, 0.717) is 24.2 Å². The van der Waals surface area contributed by atoms with Gasteiger partial charge in [0.25, 0.3) is 0 Å². The Hall–Kier alpha value is -1.06. The van der Waals surface area contributed by atoms with Crippen molar-refractivity contribution in [3.63, 3.8) is 0 Å². The summed E-state index contributed by atoms with van der Waals surface area (Å²) < 4.78 is 0. The summed E-state index contributed by atoms with van der Waals surface area (Å²) in [7, 11) is 0. The number of aryl methyl sites for hydroxylation is 1. The van der Waals surface area contributed by atoms with E-state index in [-0.39, 0.29) is 17.9 Å². The van der Waals surface area contributed by atoms with Gasteiger partial charge in [-0.2, -0.15) is 0 Å². The van der Waals surface area contributed by atoms with Crippen LogP contribution in [0.25, 0.3) is 0 Å². The zero-order valence-electron chi connectivity index (χ0n) is 13.6. The molecule has 1 amide bonds. The Balaban J connectivity index is 1.36. The standard InChI is InChI=1S/C19H24ClNO2/c1-12-6-13(2-3-17(12)20)14-4-5-19(9-14)10-21(11-19)18(23)15-7-16(22)8-15/h2-3,6,14-16,22H,4-5,7-11H2,1H3/t14-,15-,16+/m1/s1. The molecule has 23 heavy (non-hydrogen) atoms. The molecule has 1 aliphatic heterocycles. The molecule has 3 aliphatic rings. The number of hydrogen-bond donors (Lipinski definition) is 1. The lowest BCUT2D eigenvalue weighted by atomic mass is 9.74. The van der Waals surface area contributed by atoms with Crippen LogP contribution in [-0.2, 0) is 4.79 Å². The van der Waals surface area contributed by atoms with Crippen LogP contribution in [0.3, 0.4) is 0 Å². The first kappa shape index (κ1) is 15.5. The second kappa shape index (κ2) is 5.49. The number of carbonyl (C=O) groups is 1. The molecule has 1 heterocycles. The smallest absolute Gasteiger partial charge is 0.225 e. The van der Waals surface area contributed by atoms with E-state index in [2.05, 4.69) is 19.1 Å². The van der Waals surface area contributed by atoms with Crippen LogP contribution in [0, 0.1) is 18.3 Å². The van der Waals surface area contributed by atoms with Crippen molar-refractivity contribution in [1.29, 1.82) is 0 Å². The molecule has 1 spiro atoms. The van der Waals surface area contributed by atoms with Crippen molar-refractivity contribution in [2.75, 3.05) is 13.1 Å². The minimum absolute atomic E-state index is 0.0819. The van der Waals surface area contributed by atoms with Gasteiger partial charge in [0.2, 0.25) is 5.91 Å². The van der Waals surface area contributed by atoms with Crippen LogP contribution >= 0.6 is 11.6 Å². The van der Waals surface area contributed by atoms with Crippen LogP contribution in [-0.4, -0.2) is 35.1 Å². The summed E-state index contributed by atoms with van der Waals surface area (Å²) in [5.41, 5.74) is 2.89. The Labute approximate surface area is 142 Å². The number of nitrogens with zero attached hydrogens (tertiary/aromatic N) is 1. The Kier molecular flexibility index (Phi) is 3.69. The van der Waals surface area contributed by atoms with Gasteiger partial charge < -0.3 is 10.0 Å². The minimum Gasteiger partial charge on any atom is -0.393 e. The van der Waals surface area contributed by atoms with Crippen molar-refractivity contribution < 1.29 is 9.90 Å². The summed E-state index contributed by atoms with van der Waals surface area (Å²) in [5.74, 6) is 0.957. The summed E-state index contributed by atoms with van der Waals surface area (Å²) >= 11 is 6.13. The molecule has 0 bridgehead atoms. The number of rotatable bonds is 2. The van der Waals surface area contributed by atoms with Crippen LogP contribution < -0.4 is 0 Å². The van der Waals surface area contributed by atoms with E-state index in [0.717, 1.165) is 23.7 Å². The molecule has 2 saturated carbocycles. The molecule has 124 valence electrons. The summed E-state index contributed by atoms with van der Waals surface area (Å²) in [4.78, 5) is 14.3. The first-order valence-electron chi connectivity index (χ1n) is 8.69. The largest absolute Gasteiger partial charge is 0.393 e. The summed E-state index contributed by atoms with van der Waals surface area (Å²) in [5, 5.41) is 10.2. The SMILES string of the molecule is Cc1cc([C@@H]2CCC3(C2)CN(C(=O)[C@H]2C[C@@H](O)C2)C3)ccc1Cl. The van der Waals surface area contributed by atoms with Crippen molar-refractivity contribution in [2.24, 2.45) is 11.3 Å².